The fraction of sp³-hybridized carbons (Fsp3) is 0.526. The van der Waals surface area contributed by atoms with Crippen LogP contribution in [0.1, 0.15) is 13.3 Å². The highest BCUT2D eigenvalue weighted by Crippen LogP contribution is 2.39. The zero-order valence-electron chi connectivity index (χ0n) is 16.9. The molecule has 4 heterocycles. The number of hydrogen-bond acceptors (Lipinski definition) is 7. The fourth-order valence-electron chi connectivity index (χ4n) is 3.89. The minimum atomic E-state index is -4.64. The van der Waals surface area contributed by atoms with Crippen molar-refractivity contribution in [2.24, 2.45) is 0 Å². The highest BCUT2D eigenvalue weighted by molar-refractivity contribution is 5.61. The number of morpholine rings is 1. The lowest BCUT2D eigenvalue weighted by Gasteiger charge is -2.40. The zero-order chi connectivity index (χ0) is 23.0. The summed E-state index contributed by atoms with van der Waals surface area (Å²) in [6.45, 7) is -0.202. The summed E-state index contributed by atoms with van der Waals surface area (Å²) >= 11 is 0. The van der Waals surface area contributed by atoms with Gasteiger partial charge in [-0.2, -0.15) is 26.9 Å². The van der Waals surface area contributed by atoms with Crippen molar-refractivity contribution >= 4 is 17.5 Å². The number of fused-ring (bicyclic) bond motifs is 1. The predicted molar refractivity (Wildman–Crippen MR) is 104 cm³/mol. The third-order valence-corrected chi connectivity index (χ3v) is 5.38. The van der Waals surface area contributed by atoms with Crippen LogP contribution in [0.4, 0.5) is 39.4 Å². The molecule has 174 valence electrons. The van der Waals surface area contributed by atoms with Gasteiger partial charge in [-0.1, -0.05) is 0 Å². The van der Waals surface area contributed by atoms with Crippen LogP contribution in [-0.4, -0.2) is 59.2 Å². The van der Waals surface area contributed by atoms with Crippen molar-refractivity contribution in [3.63, 3.8) is 0 Å². The number of aromatic nitrogens is 3. The van der Waals surface area contributed by atoms with E-state index in [0.29, 0.717) is 19.8 Å². The Bertz CT molecular complexity index is 1010. The number of anilines is 3. The summed E-state index contributed by atoms with van der Waals surface area (Å²) in [6, 6.07) is 1.42. The van der Waals surface area contributed by atoms with Gasteiger partial charge < -0.3 is 14.4 Å². The maximum absolute atomic E-state index is 13.9. The Hall–Kier alpha value is -2.96. The Morgan fingerprint density at radius 2 is 2.03 bits per heavy atom. The highest BCUT2D eigenvalue weighted by atomic mass is 19.4. The van der Waals surface area contributed by atoms with Gasteiger partial charge in [-0.15, -0.1) is 0 Å². The van der Waals surface area contributed by atoms with E-state index in [0.717, 1.165) is 17.2 Å². The molecule has 0 N–H and O–H groups in total. The van der Waals surface area contributed by atoms with Crippen LogP contribution in [0.15, 0.2) is 29.2 Å². The molecule has 0 aromatic carbocycles. The van der Waals surface area contributed by atoms with E-state index in [1.54, 1.807) is 4.90 Å². The third-order valence-electron chi connectivity index (χ3n) is 5.38. The van der Waals surface area contributed by atoms with Crippen molar-refractivity contribution in [1.82, 2.24) is 14.5 Å². The molecule has 2 aliphatic heterocycles. The van der Waals surface area contributed by atoms with Gasteiger partial charge in [0, 0.05) is 25.2 Å². The molecule has 2 aromatic heterocycles. The van der Waals surface area contributed by atoms with E-state index in [1.165, 1.54) is 16.7 Å². The smallest absolute Gasteiger partial charge is 0.409 e. The van der Waals surface area contributed by atoms with Gasteiger partial charge in [-0.3, -0.25) is 14.3 Å². The number of rotatable bonds is 4. The van der Waals surface area contributed by atoms with E-state index in [2.05, 4.69) is 14.7 Å². The van der Waals surface area contributed by atoms with Gasteiger partial charge in [0.25, 0.3) is 5.56 Å². The second kappa shape index (κ2) is 8.52. The van der Waals surface area contributed by atoms with Crippen LogP contribution in [0.2, 0.25) is 0 Å². The molecule has 0 radical (unpaired) electrons. The number of ether oxygens (including phenoxy) is 2. The summed E-state index contributed by atoms with van der Waals surface area (Å²) in [4.78, 5) is 23.6. The van der Waals surface area contributed by atoms with E-state index in [4.69, 9.17) is 4.74 Å². The normalized spacial score (nSPS) is 21.6. The van der Waals surface area contributed by atoms with Crippen molar-refractivity contribution in [2.75, 3.05) is 29.6 Å². The second-order valence-electron chi connectivity index (χ2n) is 7.47. The monoisotopic (exact) mass is 461 g/mol. The largest absolute Gasteiger partial charge is 0.417 e. The van der Waals surface area contributed by atoms with E-state index in [1.807, 2.05) is 6.92 Å². The van der Waals surface area contributed by atoms with Crippen molar-refractivity contribution in [3.05, 3.63) is 34.7 Å². The Kier molecular flexibility index (Phi) is 5.93. The van der Waals surface area contributed by atoms with Gasteiger partial charge in [0.2, 0.25) is 11.8 Å². The van der Waals surface area contributed by atoms with E-state index >= 15 is 0 Å². The first-order chi connectivity index (χ1) is 15.1. The van der Waals surface area contributed by atoms with Gasteiger partial charge in [0.05, 0.1) is 31.1 Å². The third kappa shape index (κ3) is 4.33. The maximum atomic E-state index is 13.9. The van der Waals surface area contributed by atoms with Crippen LogP contribution in [0.3, 0.4) is 0 Å². The second-order valence-corrected chi connectivity index (χ2v) is 7.47. The van der Waals surface area contributed by atoms with Crippen LogP contribution in [0, 0.1) is 0 Å². The maximum Gasteiger partial charge on any atom is 0.409 e. The van der Waals surface area contributed by atoms with Gasteiger partial charge in [0.1, 0.15) is 11.9 Å². The number of halogens is 5. The van der Waals surface area contributed by atoms with Gasteiger partial charge >= 0.3 is 12.8 Å². The quantitative estimate of drug-likeness (QED) is 0.649. The van der Waals surface area contributed by atoms with Crippen LogP contribution in [0.5, 0.6) is 5.88 Å². The summed E-state index contributed by atoms with van der Waals surface area (Å²) in [6.07, 6.45) is -4.04. The van der Waals surface area contributed by atoms with Crippen LogP contribution < -0.4 is 20.1 Å². The summed E-state index contributed by atoms with van der Waals surface area (Å²) in [5, 5.41) is 0. The number of alkyl halides is 5. The molecule has 8 nitrogen and oxygen atoms in total. The van der Waals surface area contributed by atoms with Crippen LogP contribution in [0.25, 0.3) is 0 Å². The Morgan fingerprint density at radius 3 is 2.66 bits per heavy atom. The summed E-state index contributed by atoms with van der Waals surface area (Å²) < 4.78 is 77.3. The van der Waals surface area contributed by atoms with E-state index < -0.39 is 30.3 Å². The van der Waals surface area contributed by atoms with E-state index in [-0.39, 0.29) is 36.5 Å². The SMILES string of the molecule is CC1COCCN1c1cc(=O)n2c(n1)N(c1ccc(OC(F)F)nc1)C(C(F)(F)F)CC2. The Labute approximate surface area is 179 Å². The molecule has 0 saturated carbocycles. The predicted octanol–water partition coefficient (Wildman–Crippen LogP) is 2.94. The molecule has 2 unspecified atom stereocenters. The molecule has 2 aliphatic rings. The number of nitrogens with zero attached hydrogens (tertiary/aromatic N) is 5. The lowest BCUT2D eigenvalue weighted by Crippen LogP contribution is -2.51. The first kappa shape index (κ1) is 22.2. The average molecular weight is 461 g/mol. The average Bonchev–Trinajstić information content (AvgIpc) is 2.73. The lowest BCUT2D eigenvalue weighted by atomic mass is 10.1. The van der Waals surface area contributed by atoms with Gasteiger partial charge in [-0.05, 0) is 19.4 Å². The summed E-state index contributed by atoms with van der Waals surface area (Å²) in [7, 11) is 0. The Balaban J connectivity index is 1.80. The molecule has 0 aliphatic carbocycles. The molecule has 13 heteroatoms. The van der Waals surface area contributed by atoms with Crippen molar-refractivity contribution in [3.8, 4) is 5.88 Å². The van der Waals surface area contributed by atoms with Crippen LogP contribution >= 0.6 is 0 Å². The fourth-order valence-corrected chi connectivity index (χ4v) is 3.89. The molecule has 1 saturated heterocycles. The minimum Gasteiger partial charge on any atom is -0.417 e. The number of hydrogen-bond donors (Lipinski definition) is 0. The van der Waals surface area contributed by atoms with E-state index in [9.17, 15) is 26.7 Å². The first-order valence-corrected chi connectivity index (χ1v) is 9.88. The standard InChI is InChI=1S/C19H20F5N5O3/c1-11-10-31-7-6-27(11)14-8-16(30)28-5-4-13(19(22,23)24)29(18(28)26-14)12-2-3-15(25-9-12)32-17(20)21/h2-3,8-9,11,13,17H,4-7,10H2,1H3. The Morgan fingerprint density at radius 1 is 1.25 bits per heavy atom. The van der Waals surface area contributed by atoms with Gasteiger partial charge in [-0.25, -0.2) is 4.98 Å². The van der Waals surface area contributed by atoms with Gasteiger partial charge in [0.15, 0.2) is 0 Å². The molecular weight excluding hydrogens is 441 g/mol. The summed E-state index contributed by atoms with van der Waals surface area (Å²) in [5.74, 6) is -0.384. The molecule has 0 amide bonds. The summed E-state index contributed by atoms with van der Waals surface area (Å²) in [5.41, 5.74) is -0.540. The van der Waals surface area contributed by atoms with Crippen molar-refractivity contribution in [1.29, 1.82) is 0 Å². The molecule has 2 atom stereocenters. The lowest BCUT2D eigenvalue weighted by molar-refractivity contribution is -0.150. The molecule has 4 rings (SSSR count). The zero-order valence-corrected chi connectivity index (χ0v) is 16.9. The van der Waals surface area contributed by atoms with Crippen molar-refractivity contribution in [2.45, 2.75) is 44.8 Å². The molecule has 1 fully saturated rings. The topological polar surface area (TPSA) is 72.7 Å². The van der Waals surface area contributed by atoms with Crippen LogP contribution in [-0.2, 0) is 11.3 Å². The molecular formula is C19H20F5N5O3. The minimum absolute atomic E-state index is 0.0542. The molecule has 2 aromatic rings. The molecule has 32 heavy (non-hydrogen) atoms. The number of pyridine rings is 1. The van der Waals surface area contributed by atoms with Crippen molar-refractivity contribution < 1.29 is 31.4 Å². The molecule has 0 bridgehead atoms. The highest BCUT2D eigenvalue weighted by Gasteiger charge is 2.47. The first-order valence-electron chi connectivity index (χ1n) is 9.88. The molecule has 0 spiro atoms.